The number of piperidine rings is 1. The first kappa shape index (κ1) is 14.0. The molecule has 2 aliphatic heterocycles. The van der Waals surface area contributed by atoms with E-state index in [9.17, 15) is 9.59 Å². The van der Waals surface area contributed by atoms with Crippen molar-refractivity contribution in [3.63, 3.8) is 0 Å². The van der Waals surface area contributed by atoms with Crippen LogP contribution in [0.2, 0.25) is 0 Å². The summed E-state index contributed by atoms with van der Waals surface area (Å²) in [5, 5.41) is 7.29. The van der Waals surface area contributed by atoms with Gasteiger partial charge < -0.3 is 9.80 Å². The van der Waals surface area contributed by atoms with Crippen molar-refractivity contribution >= 4 is 11.8 Å². The number of nitrogens with zero attached hydrogens (tertiary/aromatic N) is 4. The molecule has 2 amide bonds. The summed E-state index contributed by atoms with van der Waals surface area (Å²) in [6.45, 7) is 4.67. The average molecular weight is 292 g/mol. The monoisotopic (exact) mass is 292 g/mol. The molecule has 2 aliphatic rings. The standard InChI is InChI=1S/C14H20N4O3/c1-10-12(16-21-15-10)14(20)18-8-4-11(5-9-18)13(19)17-6-2-3-7-17/h11H,2-9H2,1H3. The lowest BCUT2D eigenvalue weighted by Gasteiger charge is -2.32. The van der Waals surface area contributed by atoms with Gasteiger partial charge in [-0.05, 0) is 37.8 Å². The fourth-order valence-electron chi connectivity index (χ4n) is 3.10. The molecule has 114 valence electrons. The van der Waals surface area contributed by atoms with Crippen LogP contribution in [0.15, 0.2) is 4.63 Å². The van der Waals surface area contributed by atoms with E-state index < -0.39 is 0 Å². The summed E-state index contributed by atoms with van der Waals surface area (Å²) < 4.78 is 4.58. The number of likely N-dealkylation sites (tertiary alicyclic amines) is 2. The van der Waals surface area contributed by atoms with Gasteiger partial charge in [-0.2, -0.15) is 0 Å². The zero-order valence-corrected chi connectivity index (χ0v) is 12.2. The predicted octanol–water partition coefficient (Wildman–Crippen LogP) is 0.853. The van der Waals surface area contributed by atoms with Gasteiger partial charge in [-0.3, -0.25) is 9.59 Å². The number of hydrogen-bond acceptors (Lipinski definition) is 5. The van der Waals surface area contributed by atoms with E-state index in [2.05, 4.69) is 14.9 Å². The number of carbonyl (C=O) groups excluding carboxylic acids is 2. The Labute approximate surface area is 123 Å². The molecule has 1 aromatic rings. The third-order valence-electron chi connectivity index (χ3n) is 4.40. The summed E-state index contributed by atoms with van der Waals surface area (Å²) in [5.74, 6) is 0.170. The second kappa shape index (κ2) is 5.83. The molecular weight excluding hydrogens is 272 g/mol. The van der Waals surface area contributed by atoms with Gasteiger partial charge in [0, 0.05) is 32.1 Å². The largest absolute Gasteiger partial charge is 0.342 e. The van der Waals surface area contributed by atoms with Crippen molar-refractivity contribution in [2.24, 2.45) is 5.92 Å². The molecule has 1 aromatic heterocycles. The van der Waals surface area contributed by atoms with E-state index in [1.165, 1.54) is 0 Å². The van der Waals surface area contributed by atoms with Crippen LogP contribution < -0.4 is 0 Å². The summed E-state index contributed by atoms with van der Waals surface area (Å²) >= 11 is 0. The van der Waals surface area contributed by atoms with Crippen molar-refractivity contribution in [3.8, 4) is 0 Å². The third kappa shape index (κ3) is 2.77. The van der Waals surface area contributed by atoms with Crippen LogP contribution in [0, 0.1) is 12.8 Å². The number of aryl methyl sites for hydroxylation is 1. The third-order valence-corrected chi connectivity index (χ3v) is 4.40. The van der Waals surface area contributed by atoms with E-state index >= 15 is 0 Å². The highest BCUT2D eigenvalue weighted by molar-refractivity contribution is 5.93. The van der Waals surface area contributed by atoms with Gasteiger partial charge in [0.15, 0.2) is 5.69 Å². The Morgan fingerprint density at radius 3 is 2.29 bits per heavy atom. The van der Waals surface area contributed by atoms with Crippen molar-refractivity contribution < 1.29 is 14.2 Å². The summed E-state index contributed by atoms with van der Waals surface area (Å²) in [4.78, 5) is 28.3. The molecule has 2 saturated heterocycles. The van der Waals surface area contributed by atoms with E-state index in [0.717, 1.165) is 38.8 Å². The summed E-state index contributed by atoms with van der Waals surface area (Å²) in [7, 11) is 0. The maximum Gasteiger partial charge on any atom is 0.278 e. The van der Waals surface area contributed by atoms with Crippen LogP contribution in [-0.4, -0.2) is 58.1 Å². The topological polar surface area (TPSA) is 79.5 Å². The Kier molecular flexibility index (Phi) is 3.90. The van der Waals surface area contributed by atoms with Gasteiger partial charge in [-0.25, -0.2) is 4.63 Å². The maximum atomic E-state index is 12.3. The van der Waals surface area contributed by atoms with E-state index in [4.69, 9.17) is 0 Å². The first-order chi connectivity index (χ1) is 10.2. The molecule has 2 fully saturated rings. The van der Waals surface area contributed by atoms with Crippen molar-refractivity contribution in [1.29, 1.82) is 0 Å². The quantitative estimate of drug-likeness (QED) is 0.807. The normalized spacial score (nSPS) is 20.0. The fraction of sp³-hybridized carbons (Fsp3) is 0.714. The van der Waals surface area contributed by atoms with Gasteiger partial charge in [0.2, 0.25) is 5.91 Å². The smallest absolute Gasteiger partial charge is 0.278 e. The lowest BCUT2D eigenvalue weighted by Crippen LogP contribution is -2.44. The summed E-state index contributed by atoms with van der Waals surface area (Å²) in [6, 6.07) is 0. The molecule has 3 heterocycles. The molecule has 0 bridgehead atoms. The van der Waals surface area contributed by atoms with Crippen LogP contribution in [0.4, 0.5) is 0 Å². The van der Waals surface area contributed by atoms with Crippen LogP contribution in [0.5, 0.6) is 0 Å². The molecule has 7 heteroatoms. The van der Waals surface area contributed by atoms with Gasteiger partial charge in [-0.15, -0.1) is 0 Å². The van der Waals surface area contributed by atoms with Crippen LogP contribution >= 0.6 is 0 Å². The lowest BCUT2D eigenvalue weighted by molar-refractivity contribution is -0.135. The van der Waals surface area contributed by atoms with Crippen LogP contribution in [0.3, 0.4) is 0 Å². The SMILES string of the molecule is Cc1nonc1C(=O)N1CCC(C(=O)N2CCCC2)CC1. The molecule has 7 nitrogen and oxygen atoms in total. The molecule has 0 aromatic carbocycles. The maximum absolute atomic E-state index is 12.3. The van der Waals surface area contributed by atoms with Crippen molar-refractivity contribution in [2.45, 2.75) is 32.6 Å². The number of carbonyl (C=O) groups is 2. The molecule has 0 atom stereocenters. The second-order valence-corrected chi connectivity index (χ2v) is 5.80. The van der Waals surface area contributed by atoms with Gasteiger partial charge >= 0.3 is 0 Å². The average Bonchev–Trinajstić information content (AvgIpc) is 3.17. The molecule has 0 saturated carbocycles. The van der Waals surface area contributed by atoms with Gasteiger partial charge in [0.1, 0.15) is 5.69 Å². The molecule has 0 spiro atoms. The zero-order chi connectivity index (χ0) is 14.8. The van der Waals surface area contributed by atoms with Crippen molar-refractivity contribution in [1.82, 2.24) is 20.1 Å². The van der Waals surface area contributed by atoms with E-state index in [1.807, 2.05) is 4.90 Å². The van der Waals surface area contributed by atoms with Crippen LogP contribution in [0.25, 0.3) is 0 Å². The molecule has 21 heavy (non-hydrogen) atoms. The summed E-state index contributed by atoms with van der Waals surface area (Å²) in [6.07, 6.45) is 3.68. The molecule has 0 unspecified atom stereocenters. The fourth-order valence-corrected chi connectivity index (χ4v) is 3.10. The van der Waals surface area contributed by atoms with Gasteiger partial charge in [-0.1, -0.05) is 5.16 Å². The molecular formula is C14H20N4O3. The minimum absolute atomic E-state index is 0.0590. The Morgan fingerprint density at radius 2 is 1.71 bits per heavy atom. The highest BCUT2D eigenvalue weighted by Gasteiger charge is 2.32. The Balaban J connectivity index is 1.56. The van der Waals surface area contributed by atoms with Gasteiger partial charge in [0.25, 0.3) is 5.91 Å². The lowest BCUT2D eigenvalue weighted by atomic mass is 9.95. The Bertz CT molecular complexity index is 528. The first-order valence-corrected chi connectivity index (χ1v) is 7.54. The van der Waals surface area contributed by atoms with E-state index in [0.29, 0.717) is 18.8 Å². The summed E-state index contributed by atoms with van der Waals surface area (Å²) in [5.41, 5.74) is 0.787. The molecule has 0 N–H and O–H groups in total. The van der Waals surface area contributed by atoms with Crippen LogP contribution in [0.1, 0.15) is 41.9 Å². The van der Waals surface area contributed by atoms with Crippen LogP contribution in [-0.2, 0) is 4.79 Å². The highest BCUT2D eigenvalue weighted by atomic mass is 16.6. The number of hydrogen-bond donors (Lipinski definition) is 0. The second-order valence-electron chi connectivity index (χ2n) is 5.80. The molecule has 0 aliphatic carbocycles. The molecule has 3 rings (SSSR count). The van der Waals surface area contributed by atoms with Crippen molar-refractivity contribution in [2.75, 3.05) is 26.2 Å². The van der Waals surface area contributed by atoms with Crippen molar-refractivity contribution in [3.05, 3.63) is 11.4 Å². The zero-order valence-electron chi connectivity index (χ0n) is 12.2. The highest BCUT2D eigenvalue weighted by Crippen LogP contribution is 2.23. The number of amides is 2. The van der Waals surface area contributed by atoms with E-state index in [1.54, 1.807) is 11.8 Å². The Morgan fingerprint density at radius 1 is 1.05 bits per heavy atom. The van der Waals surface area contributed by atoms with Gasteiger partial charge in [0.05, 0.1) is 0 Å². The van der Waals surface area contributed by atoms with E-state index in [-0.39, 0.29) is 23.4 Å². The molecule has 0 radical (unpaired) electrons. The number of rotatable bonds is 2. The first-order valence-electron chi connectivity index (χ1n) is 7.54. The minimum Gasteiger partial charge on any atom is -0.342 e. The Hall–Kier alpha value is -1.92. The number of aromatic nitrogens is 2. The minimum atomic E-state index is -0.152. The predicted molar refractivity (Wildman–Crippen MR) is 73.5 cm³/mol.